The summed E-state index contributed by atoms with van der Waals surface area (Å²) >= 11 is 3.34. The van der Waals surface area contributed by atoms with Crippen molar-refractivity contribution in [2.24, 2.45) is 0 Å². The highest BCUT2D eigenvalue weighted by Crippen LogP contribution is 2.26. The number of benzene rings is 2. The van der Waals surface area contributed by atoms with Crippen molar-refractivity contribution in [2.45, 2.75) is 6.54 Å². The maximum absolute atomic E-state index is 9.63. The summed E-state index contributed by atoms with van der Waals surface area (Å²) < 4.78 is 2.53. The molecule has 0 aliphatic heterocycles. The van der Waals surface area contributed by atoms with Crippen molar-refractivity contribution in [3.63, 3.8) is 0 Å². The second kappa shape index (κ2) is 6.55. The van der Waals surface area contributed by atoms with Gasteiger partial charge in [0.25, 0.3) is 0 Å². The zero-order valence-corrected chi connectivity index (χ0v) is 13.7. The summed E-state index contributed by atoms with van der Waals surface area (Å²) in [6.07, 6.45) is 5.28. The highest BCUT2D eigenvalue weighted by molar-refractivity contribution is 9.10. The van der Waals surface area contributed by atoms with Crippen LogP contribution in [0.25, 0.3) is 0 Å². The Bertz CT molecular complexity index is 838. The van der Waals surface area contributed by atoms with Crippen LogP contribution in [0.5, 0.6) is 5.75 Å². The predicted molar refractivity (Wildman–Crippen MR) is 90.8 cm³/mol. The van der Waals surface area contributed by atoms with Gasteiger partial charge < -0.3 is 5.11 Å². The first kappa shape index (κ1) is 15.1. The average molecular weight is 369 g/mol. The van der Waals surface area contributed by atoms with Gasteiger partial charge in [-0.3, -0.25) is 5.01 Å². The Labute approximate surface area is 142 Å². The molecular formula is C17H13BrN4O. The van der Waals surface area contributed by atoms with Gasteiger partial charge in [0.15, 0.2) is 0 Å². The number of nitriles is 1. The van der Waals surface area contributed by atoms with Gasteiger partial charge in [-0.05, 0) is 57.9 Å². The Kier molecular flexibility index (Phi) is 4.31. The molecule has 0 aliphatic carbocycles. The zero-order chi connectivity index (χ0) is 16.2. The number of imidazole rings is 1. The molecule has 0 fully saturated rings. The molecule has 1 N–H and O–H groups in total. The minimum atomic E-state index is 0.210. The number of rotatable bonds is 4. The molecule has 0 aliphatic rings. The SMILES string of the molecule is N#Cc1ccc(N(Cc2ccc(O)c(Br)c2)n2ccnc2)cc1. The Hall–Kier alpha value is -2.78. The first-order valence-corrected chi connectivity index (χ1v) is 7.70. The second-order valence-corrected chi connectivity index (χ2v) is 5.80. The third-order valence-electron chi connectivity index (χ3n) is 3.41. The van der Waals surface area contributed by atoms with E-state index < -0.39 is 0 Å². The van der Waals surface area contributed by atoms with Gasteiger partial charge in [0.1, 0.15) is 12.1 Å². The highest BCUT2D eigenvalue weighted by atomic mass is 79.9. The van der Waals surface area contributed by atoms with Crippen molar-refractivity contribution >= 4 is 21.6 Å². The topological polar surface area (TPSA) is 65.1 Å². The lowest BCUT2D eigenvalue weighted by Crippen LogP contribution is -2.27. The normalized spacial score (nSPS) is 10.3. The van der Waals surface area contributed by atoms with E-state index >= 15 is 0 Å². The molecule has 2 aromatic carbocycles. The lowest BCUT2D eigenvalue weighted by atomic mass is 10.2. The molecule has 0 saturated carbocycles. The fraction of sp³-hybridized carbons (Fsp3) is 0.0588. The van der Waals surface area contributed by atoms with E-state index in [1.54, 1.807) is 30.7 Å². The molecule has 0 bridgehead atoms. The Morgan fingerprint density at radius 3 is 2.61 bits per heavy atom. The van der Waals surface area contributed by atoms with E-state index in [1.165, 1.54) is 0 Å². The standard InChI is InChI=1S/C17H13BrN4O/c18-16-9-14(3-6-17(16)23)11-22(21-8-7-20-12-21)15-4-1-13(10-19)2-5-15/h1-9,12,23H,11H2. The number of halogens is 1. The van der Waals surface area contributed by atoms with Crippen LogP contribution in [0, 0.1) is 11.3 Å². The van der Waals surface area contributed by atoms with Crippen LogP contribution < -0.4 is 5.01 Å². The maximum Gasteiger partial charge on any atom is 0.129 e. The third kappa shape index (κ3) is 3.35. The summed E-state index contributed by atoms with van der Waals surface area (Å²) in [6, 6.07) is 14.9. The predicted octanol–water partition coefficient (Wildman–Crippen LogP) is 3.69. The van der Waals surface area contributed by atoms with Crippen LogP contribution in [0.2, 0.25) is 0 Å². The molecule has 5 nitrogen and oxygen atoms in total. The van der Waals surface area contributed by atoms with Crippen molar-refractivity contribution in [2.75, 3.05) is 5.01 Å². The van der Waals surface area contributed by atoms with E-state index in [4.69, 9.17) is 5.26 Å². The monoisotopic (exact) mass is 368 g/mol. The minimum Gasteiger partial charge on any atom is -0.507 e. The first-order chi connectivity index (χ1) is 11.2. The molecule has 0 saturated heterocycles. The molecule has 23 heavy (non-hydrogen) atoms. The van der Waals surface area contributed by atoms with Crippen LogP contribution in [0.4, 0.5) is 5.69 Å². The number of aromatic nitrogens is 2. The fourth-order valence-electron chi connectivity index (χ4n) is 2.23. The summed E-state index contributed by atoms with van der Waals surface area (Å²) in [5.74, 6) is 0.210. The fourth-order valence-corrected chi connectivity index (χ4v) is 2.66. The van der Waals surface area contributed by atoms with Gasteiger partial charge >= 0.3 is 0 Å². The molecule has 0 spiro atoms. The largest absolute Gasteiger partial charge is 0.507 e. The summed E-state index contributed by atoms with van der Waals surface area (Å²) in [5.41, 5.74) is 2.57. The van der Waals surface area contributed by atoms with Gasteiger partial charge in [0, 0.05) is 12.4 Å². The van der Waals surface area contributed by atoms with E-state index in [2.05, 4.69) is 27.0 Å². The van der Waals surface area contributed by atoms with Crippen LogP contribution in [0.15, 0.2) is 65.7 Å². The number of phenolic OH excluding ortho intramolecular Hbond substituents is 1. The van der Waals surface area contributed by atoms with E-state index in [0.717, 1.165) is 11.3 Å². The minimum absolute atomic E-state index is 0.210. The lowest BCUT2D eigenvalue weighted by molar-refractivity contribution is 0.471. The summed E-state index contributed by atoms with van der Waals surface area (Å²) in [4.78, 5) is 4.10. The van der Waals surface area contributed by atoms with Gasteiger partial charge in [0.05, 0.1) is 28.3 Å². The molecule has 3 aromatic rings. The molecule has 0 radical (unpaired) electrons. The Morgan fingerprint density at radius 1 is 1.22 bits per heavy atom. The molecule has 0 amide bonds. The molecule has 1 aromatic heterocycles. The molecule has 3 rings (SSSR count). The smallest absolute Gasteiger partial charge is 0.129 e. The van der Waals surface area contributed by atoms with Crippen LogP contribution >= 0.6 is 15.9 Å². The number of hydrogen-bond donors (Lipinski definition) is 1. The van der Waals surface area contributed by atoms with Crippen LogP contribution in [0.1, 0.15) is 11.1 Å². The number of nitrogens with zero attached hydrogens (tertiary/aromatic N) is 4. The molecule has 6 heteroatoms. The summed E-state index contributed by atoms with van der Waals surface area (Å²) in [5, 5.41) is 20.6. The zero-order valence-electron chi connectivity index (χ0n) is 12.1. The maximum atomic E-state index is 9.63. The van der Waals surface area contributed by atoms with Crippen LogP contribution in [-0.2, 0) is 6.54 Å². The van der Waals surface area contributed by atoms with Crippen LogP contribution in [0.3, 0.4) is 0 Å². The average Bonchev–Trinajstić information content (AvgIpc) is 3.10. The molecule has 114 valence electrons. The van der Waals surface area contributed by atoms with E-state index in [0.29, 0.717) is 16.6 Å². The molecular weight excluding hydrogens is 356 g/mol. The number of phenols is 1. The molecule has 0 unspecified atom stereocenters. The molecule has 0 atom stereocenters. The number of anilines is 1. The third-order valence-corrected chi connectivity index (χ3v) is 4.04. The van der Waals surface area contributed by atoms with E-state index in [1.807, 2.05) is 40.1 Å². The van der Waals surface area contributed by atoms with Crippen molar-refractivity contribution in [1.29, 1.82) is 5.26 Å². The van der Waals surface area contributed by atoms with E-state index in [-0.39, 0.29) is 5.75 Å². The Balaban J connectivity index is 1.95. The van der Waals surface area contributed by atoms with Gasteiger partial charge in [0.2, 0.25) is 0 Å². The van der Waals surface area contributed by atoms with Gasteiger partial charge in [-0.25, -0.2) is 9.66 Å². The van der Waals surface area contributed by atoms with Gasteiger partial charge in [-0.2, -0.15) is 5.26 Å². The number of hydrogen-bond acceptors (Lipinski definition) is 4. The van der Waals surface area contributed by atoms with Crippen LogP contribution in [-0.4, -0.2) is 14.8 Å². The number of aromatic hydroxyl groups is 1. The quantitative estimate of drug-likeness (QED) is 0.762. The van der Waals surface area contributed by atoms with E-state index in [9.17, 15) is 5.11 Å². The van der Waals surface area contributed by atoms with Crippen molar-refractivity contribution in [3.05, 3.63) is 76.8 Å². The summed E-state index contributed by atoms with van der Waals surface area (Å²) in [6.45, 7) is 0.584. The van der Waals surface area contributed by atoms with Crippen molar-refractivity contribution in [3.8, 4) is 11.8 Å². The Morgan fingerprint density at radius 2 is 2.00 bits per heavy atom. The first-order valence-electron chi connectivity index (χ1n) is 6.91. The second-order valence-electron chi connectivity index (χ2n) is 4.94. The molecule has 1 heterocycles. The lowest BCUT2D eigenvalue weighted by Gasteiger charge is -2.25. The van der Waals surface area contributed by atoms with Gasteiger partial charge in [-0.1, -0.05) is 6.07 Å². The van der Waals surface area contributed by atoms with Gasteiger partial charge in [-0.15, -0.1) is 0 Å². The van der Waals surface area contributed by atoms with Crippen molar-refractivity contribution in [1.82, 2.24) is 9.66 Å². The summed E-state index contributed by atoms with van der Waals surface area (Å²) in [7, 11) is 0. The highest BCUT2D eigenvalue weighted by Gasteiger charge is 2.11. The van der Waals surface area contributed by atoms with Crippen molar-refractivity contribution < 1.29 is 5.11 Å².